The lowest BCUT2D eigenvalue weighted by atomic mass is 9.88. The van der Waals surface area contributed by atoms with Crippen molar-refractivity contribution in [2.45, 2.75) is 84.1 Å². The molecule has 0 aromatic carbocycles. The summed E-state index contributed by atoms with van der Waals surface area (Å²) in [4.78, 5) is 19.0. The van der Waals surface area contributed by atoms with Crippen LogP contribution in [0.15, 0.2) is 10.1 Å². The van der Waals surface area contributed by atoms with E-state index in [9.17, 15) is 4.79 Å². The van der Waals surface area contributed by atoms with E-state index in [0.29, 0.717) is 18.0 Å². The average molecular weight is 382 g/mol. The Kier molecular flexibility index (Phi) is 5.12. The van der Waals surface area contributed by atoms with Crippen molar-refractivity contribution in [2.24, 2.45) is 10.1 Å². The maximum atomic E-state index is 12.9. The van der Waals surface area contributed by atoms with E-state index in [0.717, 1.165) is 5.71 Å². The Balaban J connectivity index is 2.39. The van der Waals surface area contributed by atoms with Gasteiger partial charge in [-0.1, -0.05) is 0 Å². The minimum absolute atomic E-state index is 0.0418. The van der Waals surface area contributed by atoms with Gasteiger partial charge in [-0.25, -0.2) is 10.0 Å². The van der Waals surface area contributed by atoms with Gasteiger partial charge in [0.05, 0.1) is 10.7 Å². The quantitative estimate of drug-likeness (QED) is 0.599. The molecule has 0 bridgehead atoms. The highest BCUT2D eigenvalue weighted by atomic mass is 32.1. The second-order valence-electron chi connectivity index (χ2n) is 8.43. The third kappa shape index (κ3) is 3.76. The van der Waals surface area contributed by atoms with Gasteiger partial charge in [-0.05, 0) is 72.9 Å². The Labute approximate surface area is 160 Å². The van der Waals surface area contributed by atoms with E-state index in [1.165, 1.54) is 0 Å². The highest BCUT2D eigenvalue weighted by Gasteiger charge is 2.58. The van der Waals surface area contributed by atoms with Crippen molar-refractivity contribution < 1.29 is 4.79 Å². The Morgan fingerprint density at radius 1 is 1.44 bits per heavy atom. The zero-order valence-corrected chi connectivity index (χ0v) is 17.6. The van der Waals surface area contributed by atoms with Gasteiger partial charge in [0.1, 0.15) is 11.7 Å². The summed E-state index contributed by atoms with van der Waals surface area (Å²) in [7, 11) is 0. The molecule has 6 nitrogen and oxygen atoms in total. The molecule has 0 radical (unpaired) electrons. The molecule has 1 amide bonds. The summed E-state index contributed by atoms with van der Waals surface area (Å²) >= 11 is 10.2. The minimum Gasteiger partial charge on any atom is -0.357 e. The van der Waals surface area contributed by atoms with Crippen LogP contribution >= 0.6 is 24.4 Å². The topological polar surface area (TPSA) is 60.3 Å². The highest BCUT2D eigenvalue weighted by molar-refractivity contribution is 7.80. The number of thiocarbonyl (C=S) groups is 2. The molecule has 2 fully saturated rings. The van der Waals surface area contributed by atoms with Crippen molar-refractivity contribution in [2.75, 3.05) is 0 Å². The molecule has 2 heterocycles. The predicted molar refractivity (Wildman–Crippen MR) is 108 cm³/mol. The first-order valence-corrected chi connectivity index (χ1v) is 9.23. The predicted octanol–water partition coefficient (Wildman–Crippen LogP) is 2.94. The molecule has 0 aromatic rings. The minimum atomic E-state index is -0.582. The largest absolute Gasteiger partial charge is 0.357 e. The summed E-state index contributed by atoms with van der Waals surface area (Å²) in [6.07, 6.45) is 1.31. The number of nitrogens with one attached hydrogen (secondary N) is 1. The second kappa shape index (κ2) is 6.41. The van der Waals surface area contributed by atoms with Crippen LogP contribution < -0.4 is 5.32 Å². The number of hydrogen-bond acceptors (Lipinski definition) is 5. The van der Waals surface area contributed by atoms with Crippen LogP contribution in [0.4, 0.5) is 0 Å². The maximum Gasteiger partial charge on any atom is 0.267 e. The molecular formula is C17H27N5OS2. The fraction of sp³-hybridized carbons (Fsp3) is 0.765. The molecule has 2 aliphatic rings. The van der Waals surface area contributed by atoms with Crippen LogP contribution in [0, 0.1) is 0 Å². The number of carbonyl (C=O) groups excluding carboxylic acids is 1. The van der Waals surface area contributed by atoms with E-state index in [2.05, 4.69) is 34.4 Å². The number of isothiocyanates is 1. The van der Waals surface area contributed by atoms with E-state index >= 15 is 0 Å². The summed E-state index contributed by atoms with van der Waals surface area (Å²) in [6.45, 7) is 13.9. The van der Waals surface area contributed by atoms with Gasteiger partial charge in [-0.3, -0.25) is 4.79 Å². The fourth-order valence-electron chi connectivity index (χ4n) is 3.98. The average Bonchev–Trinajstić information content (AvgIpc) is 2.57. The molecule has 2 rings (SSSR count). The molecule has 2 saturated heterocycles. The Bertz CT molecular complexity index is 681. The molecular weight excluding hydrogens is 354 g/mol. The number of rotatable bonds is 4. The van der Waals surface area contributed by atoms with Gasteiger partial charge in [0.25, 0.3) is 5.91 Å². The smallest absolute Gasteiger partial charge is 0.267 e. The van der Waals surface area contributed by atoms with Gasteiger partial charge in [-0.2, -0.15) is 5.10 Å². The standard InChI is InChI=1S/C17H27N5OS2/c1-11(8-15(3,4)18-10-24)20-22-13(23)12(2)21-14(25)19-16(5,6)9-17(21,22)7/h12H,8-9H2,1-7H3,(H,19,25). The molecule has 2 atom stereocenters. The van der Waals surface area contributed by atoms with Gasteiger partial charge in [0, 0.05) is 24.1 Å². The number of amides is 1. The van der Waals surface area contributed by atoms with Crippen molar-refractivity contribution in [1.82, 2.24) is 15.2 Å². The number of carbonyl (C=O) groups is 1. The molecule has 0 aromatic heterocycles. The van der Waals surface area contributed by atoms with Crippen LogP contribution in [-0.4, -0.2) is 54.6 Å². The summed E-state index contributed by atoms with van der Waals surface area (Å²) in [5.74, 6) is -0.0418. The first-order chi connectivity index (χ1) is 11.3. The first-order valence-electron chi connectivity index (χ1n) is 8.42. The molecule has 2 aliphatic heterocycles. The first kappa shape index (κ1) is 19.9. The Hall–Kier alpha value is -1.37. The summed E-state index contributed by atoms with van der Waals surface area (Å²) in [5, 5.41) is 12.6. The molecule has 138 valence electrons. The van der Waals surface area contributed by atoms with E-state index in [-0.39, 0.29) is 17.5 Å². The van der Waals surface area contributed by atoms with E-state index < -0.39 is 11.2 Å². The number of hydrogen-bond donors (Lipinski definition) is 1. The number of nitrogens with zero attached hydrogens (tertiary/aromatic N) is 4. The fourth-order valence-corrected chi connectivity index (χ4v) is 4.86. The molecule has 0 spiro atoms. The van der Waals surface area contributed by atoms with Crippen LogP contribution in [0.2, 0.25) is 0 Å². The van der Waals surface area contributed by atoms with Crippen LogP contribution in [0.25, 0.3) is 0 Å². The third-order valence-corrected chi connectivity index (χ3v) is 5.07. The number of fused-ring (bicyclic) bond motifs is 1. The Morgan fingerprint density at radius 2 is 2.04 bits per heavy atom. The lowest BCUT2D eigenvalue weighted by Gasteiger charge is -2.50. The zero-order valence-electron chi connectivity index (χ0n) is 16.0. The molecule has 0 saturated carbocycles. The van der Waals surface area contributed by atoms with Crippen LogP contribution in [-0.2, 0) is 4.79 Å². The van der Waals surface area contributed by atoms with Crippen molar-refractivity contribution in [3.05, 3.63) is 0 Å². The molecule has 25 heavy (non-hydrogen) atoms. The number of hydrazone groups is 1. The zero-order chi connectivity index (χ0) is 19.2. The lowest BCUT2D eigenvalue weighted by Crippen LogP contribution is -2.67. The van der Waals surface area contributed by atoms with E-state index in [1.807, 2.05) is 39.5 Å². The maximum absolute atomic E-state index is 12.9. The third-order valence-electron chi connectivity index (χ3n) is 4.68. The molecule has 0 aliphatic carbocycles. The van der Waals surface area contributed by atoms with Crippen LogP contribution in [0.1, 0.15) is 61.3 Å². The van der Waals surface area contributed by atoms with Crippen molar-refractivity contribution >= 4 is 46.3 Å². The van der Waals surface area contributed by atoms with Gasteiger partial charge < -0.3 is 10.2 Å². The summed E-state index contributed by atoms with van der Waals surface area (Å²) in [6, 6.07) is -0.343. The normalized spacial score (nSPS) is 29.2. The second-order valence-corrected chi connectivity index (χ2v) is 9.00. The van der Waals surface area contributed by atoms with Crippen LogP contribution in [0.5, 0.6) is 0 Å². The highest BCUT2D eigenvalue weighted by Crippen LogP contribution is 2.41. The van der Waals surface area contributed by atoms with Crippen molar-refractivity contribution in [3.8, 4) is 0 Å². The molecule has 8 heteroatoms. The van der Waals surface area contributed by atoms with E-state index in [1.54, 1.807) is 5.01 Å². The molecule has 2 unspecified atom stereocenters. The van der Waals surface area contributed by atoms with Crippen molar-refractivity contribution in [1.29, 1.82) is 0 Å². The van der Waals surface area contributed by atoms with E-state index in [4.69, 9.17) is 24.4 Å². The number of aliphatic imine (C=N–C) groups is 1. The van der Waals surface area contributed by atoms with Gasteiger partial charge >= 0.3 is 0 Å². The SMILES string of the molecule is CC(CC(C)(C)N=C=S)=NN1C(=O)C(C)N2C(=S)NC(C)(C)CC12C. The monoisotopic (exact) mass is 381 g/mol. The van der Waals surface area contributed by atoms with Crippen LogP contribution in [0.3, 0.4) is 0 Å². The lowest BCUT2D eigenvalue weighted by molar-refractivity contribution is -0.132. The van der Waals surface area contributed by atoms with Gasteiger partial charge in [0.15, 0.2) is 5.11 Å². The molecule has 1 N–H and O–H groups in total. The summed E-state index contributed by atoms with van der Waals surface area (Å²) in [5.41, 5.74) is -0.367. The van der Waals surface area contributed by atoms with Crippen molar-refractivity contribution in [3.63, 3.8) is 0 Å². The van der Waals surface area contributed by atoms with Gasteiger partial charge in [-0.15, -0.1) is 0 Å². The summed E-state index contributed by atoms with van der Waals surface area (Å²) < 4.78 is 0. The Morgan fingerprint density at radius 3 is 2.60 bits per heavy atom. The van der Waals surface area contributed by atoms with Gasteiger partial charge in [0.2, 0.25) is 0 Å².